The number of rotatable bonds is 6. The van der Waals surface area contributed by atoms with Crippen LogP contribution in [0.1, 0.15) is 26.2 Å². The summed E-state index contributed by atoms with van der Waals surface area (Å²) in [6.07, 6.45) is 3.30. The van der Waals surface area contributed by atoms with Gasteiger partial charge in [0.2, 0.25) is 15.9 Å². The summed E-state index contributed by atoms with van der Waals surface area (Å²) in [6.45, 7) is 5.71. The summed E-state index contributed by atoms with van der Waals surface area (Å²) >= 11 is 12.1. The zero-order valence-corrected chi connectivity index (χ0v) is 18.9. The van der Waals surface area contributed by atoms with Gasteiger partial charge in [0, 0.05) is 28.5 Å². The highest BCUT2D eigenvalue weighted by molar-refractivity contribution is 7.89. The standard InChI is InChI=1S/C20H24Cl2N2O5S/c1-3-13-11-23(12-19(25)29-4-2)20(26)18-7-5-6-17(13)24(18)30(27,28)16-9-14(21)8-15(22)10-16/h3,8-10,13,17-18H,1,4-7,11-12H2,2H3/t13-,17?,18?/m0/s1. The third-order valence-electron chi connectivity index (χ3n) is 5.47. The van der Waals surface area contributed by atoms with Crippen molar-refractivity contribution in [3.63, 3.8) is 0 Å². The number of ether oxygens (including phenoxy) is 1. The minimum atomic E-state index is -4.07. The average molecular weight is 475 g/mol. The molecule has 0 aliphatic carbocycles. The summed E-state index contributed by atoms with van der Waals surface area (Å²) in [5.74, 6) is -1.27. The number of nitrogens with zero attached hydrogens (tertiary/aromatic N) is 2. The molecule has 2 bridgehead atoms. The molecule has 2 saturated heterocycles. The number of benzene rings is 1. The van der Waals surface area contributed by atoms with Crippen molar-refractivity contribution in [1.29, 1.82) is 0 Å². The normalized spacial score (nSPS) is 25.0. The maximum Gasteiger partial charge on any atom is 0.325 e. The highest BCUT2D eigenvalue weighted by Crippen LogP contribution is 2.38. The van der Waals surface area contributed by atoms with Gasteiger partial charge in [0.25, 0.3) is 0 Å². The Balaban J connectivity index is 2.05. The Morgan fingerprint density at radius 3 is 2.53 bits per heavy atom. The van der Waals surface area contributed by atoms with Crippen LogP contribution in [-0.2, 0) is 24.3 Å². The Hall–Kier alpha value is -1.61. The van der Waals surface area contributed by atoms with E-state index in [0.29, 0.717) is 19.3 Å². The quantitative estimate of drug-likeness (QED) is 0.467. The lowest BCUT2D eigenvalue weighted by atomic mass is 9.90. The number of hydrogen-bond acceptors (Lipinski definition) is 5. The Labute approximate surface area is 186 Å². The van der Waals surface area contributed by atoms with Gasteiger partial charge in [-0.15, -0.1) is 6.58 Å². The number of hydrogen-bond donors (Lipinski definition) is 0. The van der Waals surface area contributed by atoms with Gasteiger partial charge in [0.15, 0.2) is 0 Å². The van der Waals surface area contributed by atoms with Crippen LogP contribution in [0.5, 0.6) is 0 Å². The SMILES string of the molecule is C=C[C@H]1CN(CC(=O)OCC)C(=O)C2CCCC1N2S(=O)(=O)c1cc(Cl)cc(Cl)c1. The van der Waals surface area contributed by atoms with Gasteiger partial charge in [-0.3, -0.25) is 9.59 Å². The number of esters is 1. The predicted octanol–water partition coefficient (Wildman–Crippen LogP) is 3.11. The van der Waals surface area contributed by atoms with Gasteiger partial charge in [0.1, 0.15) is 12.6 Å². The molecule has 0 N–H and O–H groups in total. The van der Waals surface area contributed by atoms with E-state index >= 15 is 0 Å². The second-order valence-corrected chi connectivity index (χ2v) is 10.1. The Kier molecular flexibility index (Phi) is 7.12. The molecule has 1 amide bonds. The van der Waals surface area contributed by atoms with Crippen LogP contribution in [0.15, 0.2) is 35.7 Å². The molecule has 2 heterocycles. The molecule has 7 nitrogen and oxygen atoms in total. The number of carbonyl (C=O) groups excluding carboxylic acids is 2. The Morgan fingerprint density at radius 2 is 1.93 bits per heavy atom. The Bertz CT molecular complexity index is 932. The first-order valence-corrected chi connectivity index (χ1v) is 11.9. The van der Waals surface area contributed by atoms with Crippen molar-refractivity contribution >= 4 is 45.1 Å². The summed E-state index contributed by atoms with van der Waals surface area (Å²) in [5.41, 5.74) is 0. The van der Waals surface area contributed by atoms with Crippen molar-refractivity contribution < 1.29 is 22.7 Å². The zero-order valence-electron chi connectivity index (χ0n) is 16.6. The summed E-state index contributed by atoms with van der Waals surface area (Å²) in [4.78, 5) is 26.7. The molecule has 0 aromatic heterocycles. The molecule has 2 unspecified atom stereocenters. The van der Waals surface area contributed by atoms with Crippen LogP contribution < -0.4 is 0 Å². The van der Waals surface area contributed by atoms with E-state index in [1.807, 2.05) is 0 Å². The number of halogens is 2. The maximum absolute atomic E-state index is 13.6. The van der Waals surface area contributed by atoms with E-state index in [4.69, 9.17) is 27.9 Å². The summed E-state index contributed by atoms with van der Waals surface area (Å²) in [7, 11) is -4.07. The van der Waals surface area contributed by atoms with Gasteiger partial charge >= 0.3 is 5.97 Å². The maximum atomic E-state index is 13.6. The molecule has 10 heteroatoms. The first-order valence-electron chi connectivity index (χ1n) is 9.75. The summed E-state index contributed by atoms with van der Waals surface area (Å²) in [5, 5.41) is 0.383. The van der Waals surface area contributed by atoms with Crippen LogP contribution in [0.3, 0.4) is 0 Å². The number of piperidine rings is 1. The third-order valence-corrected chi connectivity index (χ3v) is 7.82. The second-order valence-electron chi connectivity index (χ2n) is 7.38. The van der Waals surface area contributed by atoms with Crippen molar-refractivity contribution in [3.8, 4) is 0 Å². The van der Waals surface area contributed by atoms with E-state index in [1.54, 1.807) is 13.0 Å². The van der Waals surface area contributed by atoms with Crippen molar-refractivity contribution in [1.82, 2.24) is 9.21 Å². The highest BCUT2D eigenvalue weighted by Gasteiger charge is 2.49. The first-order chi connectivity index (χ1) is 14.2. The second kappa shape index (κ2) is 9.26. The predicted molar refractivity (Wildman–Crippen MR) is 114 cm³/mol. The molecule has 2 aliphatic rings. The molecule has 0 saturated carbocycles. The molecular formula is C20H24Cl2N2O5S. The van der Waals surface area contributed by atoms with Gasteiger partial charge in [-0.05, 0) is 44.4 Å². The van der Waals surface area contributed by atoms with Crippen molar-refractivity contribution in [3.05, 3.63) is 40.9 Å². The van der Waals surface area contributed by atoms with E-state index < -0.39 is 34.0 Å². The number of carbonyl (C=O) groups is 2. The molecule has 2 fully saturated rings. The topological polar surface area (TPSA) is 84.0 Å². The molecule has 0 radical (unpaired) electrons. The van der Waals surface area contributed by atoms with Gasteiger partial charge < -0.3 is 9.64 Å². The van der Waals surface area contributed by atoms with E-state index in [-0.39, 0.29) is 40.6 Å². The van der Waals surface area contributed by atoms with Crippen LogP contribution in [0.2, 0.25) is 10.0 Å². The molecule has 164 valence electrons. The molecule has 3 rings (SSSR count). The number of sulfonamides is 1. The lowest BCUT2D eigenvalue weighted by molar-refractivity contribution is -0.149. The molecular weight excluding hydrogens is 451 g/mol. The van der Waals surface area contributed by atoms with Gasteiger partial charge in [0.05, 0.1) is 11.5 Å². The van der Waals surface area contributed by atoms with Gasteiger partial charge in [-0.1, -0.05) is 29.3 Å². The van der Waals surface area contributed by atoms with Crippen LogP contribution in [0.4, 0.5) is 0 Å². The van der Waals surface area contributed by atoms with Crippen LogP contribution >= 0.6 is 23.2 Å². The minimum Gasteiger partial charge on any atom is -0.465 e. The average Bonchev–Trinajstić information content (AvgIpc) is 2.75. The lowest BCUT2D eigenvalue weighted by Gasteiger charge is -2.40. The molecule has 1 aromatic carbocycles. The van der Waals surface area contributed by atoms with Gasteiger partial charge in [-0.25, -0.2) is 8.42 Å². The fourth-order valence-electron chi connectivity index (χ4n) is 4.20. The van der Waals surface area contributed by atoms with E-state index in [9.17, 15) is 18.0 Å². The fourth-order valence-corrected chi connectivity index (χ4v) is 6.80. The van der Waals surface area contributed by atoms with Crippen molar-refractivity contribution in [2.75, 3.05) is 19.7 Å². The molecule has 3 atom stereocenters. The van der Waals surface area contributed by atoms with Crippen LogP contribution in [-0.4, -0.2) is 61.3 Å². The van der Waals surface area contributed by atoms with Crippen LogP contribution in [0.25, 0.3) is 0 Å². The fraction of sp³-hybridized carbons (Fsp3) is 0.500. The summed E-state index contributed by atoms with van der Waals surface area (Å²) in [6, 6.07) is 2.73. The van der Waals surface area contributed by atoms with Crippen molar-refractivity contribution in [2.24, 2.45) is 5.92 Å². The van der Waals surface area contributed by atoms with E-state index in [0.717, 1.165) is 0 Å². The molecule has 1 aromatic rings. The number of fused-ring (bicyclic) bond motifs is 2. The summed E-state index contributed by atoms with van der Waals surface area (Å²) < 4.78 is 33.5. The third kappa shape index (κ3) is 4.51. The van der Waals surface area contributed by atoms with E-state index in [2.05, 4.69) is 6.58 Å². The van der Waals surface area contributed by atoms with Crippen LogP contribution in [0, 0.1) is 5.92 Å². The van der Waals surface area contributed by atoms with Gasteiger partial charge in [-0.2, -0.15) is 4.31 Å². The smallest absolute Gasteiger partial charge is 0.325 e. The largest absolute Gasteiger partial charge is 0.465 e. The monoisotopic (exact) mass is 474 g/mol. The number of amides is 1. The minimum absolute atomic E-state index is 0.0636. The zero-order chi connectivity index (χ0) is 22.1. The Morgan fingerprint density at radius 1 is 1.27 bits per heavy atom. The molecule has 0 spiro atoms. The van der Waals surface area contributed by atoms with Crippen molar-refractivity contribution in [2.45, 2.75) is 43.2 Å². The molecule has 30 heavy (non-hydrogen) atoms. The van der Waals surface area contributed by atoms with E-state index in [1.165, 1.54) is 27.4 Å². The lowest BCUT2D eigenvalue weighted by Crippen LogP contribution is -2.54. The molecule has 2 aliphatic heterocycles. The first kappa shape index (κ1) is 23.1. The highest BCUT2D eigenvalue weighted by atomic mass is 35.5.